The van der Waals surface area contributed by atoms with Gasteiger partial charge in [0, 0.05) is 22.4 Å². The Morgan fingerprint density at radius 2 is 1.88 bits per heavy atom. The molecule has 3 nitrogen and oxygen atoms in total. The fourth-order valence-electron chi connectivity index (χ4n) is 2.38. The monoisotopic (exact) mass is 390 g/mol. The van der Waals surface area contributed by atoms with Gasteiger partial charge < -0.3 is 0 Å². The van der Waals surface area contributed by atoms with Crippen LogP contribution in [-0.2, 0) is 0 Å². The van der Waals surface area contributed by atoms with Crippen LogP contribution in [0, 0.1) is 0 Å². The molecule has 2 aromatic heterocycles. The van der Waals surface area contributed by atoms with E-state index in [9.17, 15) is 4.79 Å². The van der Waals surface area contributed by atoms with Crippen molar-refractivity contribution >= 4 is 57.2 Å². The molecule has 1 aliphatic heterocycles. The second kappa shape index (κ2) is 7.31. The van der Waals surface area contributed by atoms with Gasteiger partial charge in [-0.2, -0.15) is 0 Å². The zero-order chi connectivity index (χ0) is 16.4. The van der Waals surface area contributed by atoms with Crippen LogP contribution in [0.3, 0.4) is 0 Å². The summed E-state index contributed by atoms with van der Waals surface area (Å²) in [6, 6.07) is 12.0. The molecule has 4 rings (SSSR count). The van der Waals surface area contributed by atoms with Gasteiger partial charge in [-0.15, -0.1) is 46.2 Å². The molecule has 0 bridgehead atoms. The average Bonchev–Trinajstić information content (AvgIpc) is 3.36. The first kappa shape index (κ1) is 16.2. The van der Waals surface area contributed by atoms with Crippen molar-refractivity contribution in [2.75, 3.05) is 16.8 Å². The molecule has 24 heavy (non-hydrogen) atoms. The Hall–Kier alpha value is -1.28. The van der Waals surface area contributed by atoms with Gasteiger partial charge in [-0.3, -0.25) is 10.1 Å². The number of amides is 1. The molecule has 1 aliphatic rings. The minimum atomic E-state index is -0.111. The lowest BCUT2D eigenvalue weighted by molar-refractivity contribution is 0.102. The number of anilines is 1. The van der Waals surface area contributed by atoms with E-state index in [0.717, 1.165) is 10.6 Å². The number of nitrogens with zero attached hydrogens (tertiary/aromatic N) is 1. The van der Waals surface area contributed by atoms with E-state index in [0.29, 0.717) is 15.3 Å². The smallest absolute Gasteiger partial charge is 0.257 e. The predicted molar refractivity (Wildman–Crippen MR) is 107 cm³/mol. The molecule has 0 unspecified atom stereocenters. The highest BCUT2D eigenvalue weighted by Crippen LogP contribution is 2.45. The topological polar surface area (TPSA) is 42.0 Å². The Balaban J connectivity index is 1.44. The van der Waals surface area contributed by atoms with Gasteiger partial charge in [0.15, 0.2) is 5.13 Å². The number of rotatable bonds is 4. The molecule has 1 amide bonds. The first-order valence-corrected chi connectivity index (χ1v) is 11.3. The Morgan fingerprint density at radius 1 is 1.08 bits per heavy atom. The summed E-state index contributed by atoms with van der Waals surface area (Å²) in [5.41, 5.74) is 2.86. The summed E-state index contributed by atoms with van der Waals surface area (Å²) in [5, 5.41) is 7.52. The lowest BCUT2D eigenvalue weighted by Gasteiger charge is -2.09. The molecule has 1 saturated heterocycles. The van der Waals surface area contributed by atoms with Gasteiger partial charge in [-0.05, 0) is 29.1 Å². The van der Waals surface area contributed by atoms with E-state index in [2.05, 4.69) is 22.4 Å². The van der Waals surface area contributed by atoms with Crippen molar-refractivity contribution in [3.8, 4) is 10.6 Å². The second-order valence-electron chi connectivity index (χ2n) is 5.16. The summed E-state index contributed by atoms with van der Waals surface area (Å²) in [6.45, 7) is 0. The first-order valence-electron chi connectivity index (χ1n) is 7.43. The Kier molecular flexibility index (Phi) is 4.93. The SMILES string of the molecule is O=C(Nc1nc(-c2cccs2)cs1)c1ccc(C2SCCS2)cc1. The molecule has 0 atom stereocenters. The highest BCUT2D eigenvalue weighted by molar-refractivity contribution is 8.19. The maximum atomic E-state index is 12.4. The largest absolute Gasteiger partial charge is 0.298 e. The number of nitrogens with one attached hydrogen (secondary N) is 1. The summed E-state index contributed by atoms with van der Waals surface area (Å²) >= 11 is 7.03. The van der Waals surface area contributed by atoms with Crippen molar-refractivity contribution in [1.82, 2.24) is 4.98 Å². The zero-order valence-electron chi connectivity index (χ0n) is 12.6. The zero-order valence-corrected chi connectivity index (χ0v) is 15.9. The highest BCUT2D eigenvalue weighted by atomic mass is 32.2. The number of benzene rings is 1. The van der Waals surface area contributed by atoms with Crippen LogP contribution < -0.4 is 5.32 Å². The molecule has 3 heterocycles. The van der Waals surface area contributed by atoms with Crippen LogP contribution in [0.25, 0.3) is 10.6 Å². The summed E-state index contributed by atoms with van der Waals surface area (Å²) in [4.78, 5) is 18.0. The van der Waals surface area contributed by atoms with E-state index in [1.165, 1.54) is 28.4 Å². The standard InChI is InChI=1S/C17H14N2OS4/c20-15(11-3-5-12(6-4-11)16-22-8-9-23-16)19-17-18-13(10-24-17)14-2-1-7-21-14/h1-7,10,16H,8-9H2,(H,18,19,20). The van der Waals surface area contributed by atoms with Crippen molar-refractivity contribution in [1.29, 1.82) is 0 Å². The summed E-state index contributed by atoms with van der Waals surface area (Å²) in [6.07, 6.45) is 0. The van der Waals surface area contributed by atoms with Gasteiger partial charge in [0.1, 0.15) is 0 Å². The Bertz CT molecular complexity index is 821. The molecule has 1 aromatic carbocycles. The third-order valence-electron chi connectivity index (χ3n) is 3.57. The third-order valence-corrected chi connectivity index (χ3v) is 8.32. The Morgan fingerprint density at radius 3 is 2.58 bits per heavy atom. The number of thiophene rings is 1. The number of thiazole rings is 1. The lowest BCUT2D eigenvalue weighted by atomic mass is 10.1. The van der Waals surface area contributed by atoms with Crippen LogP contribution in [0.5, 0.6) is 0 Å². The highest BCUT2D eigenvalue weighted by Gasteiger charge is 2.18. The number of carbonyl (C=O) groups excluding carboxylic acids is 1. The molecule has 7 heteroatoms. The van der Waals surface area contributed by atoms with Gasteiger partial charge >= 0.3 is 0 Å². The number of hydrogen-bond donors (Lipinski definition) is 1. The van der Waals surface area contributed by atoms with Crippen molar-refractivity contribution < 1.29 is 4.79 Å². The van der Waals surface area contributed by atoms with Gasteiger partial charge in [0.05, 0.1) is 15.2 Å². The van der Waals surface area contributed by atoms with Crippen molar-refractivity contribution in [2.45, 2.75) is 4.58 Å². The van der Waals surface area contributed by atoms with Crippen molar-refractivity contribution in [3.05, 3.63) is 58.3 Å². The van der Waals surface area contributed by atoms with Gasteiger partial charge in [-0.25, -0.2) is 4.98 Å². The van der Waals surface area contributed by atoms with Gasteiger partial charge in [-0.1, -0.05) is 18.2 Å². The molecule has 0 aliphatic carbocycles. The van der Waals surface area contributed by atoms with Crippen LogP contribution in [-0.4, -0.2) is 22.4 Å². The maximum absolute atomic E-state index is 12.4. The number of hydrogen-bond acceptors (Lipinski definition) is 6. The van der Waals surface area contributed by atoms with E-state index in [-0.39, 0.29) is 5.91 Å². The number of carbonyl (C=O) groups is 1. The van der Waals surface area contributed by atoms with E-state index in [4.69, 9.17) is 0 Å². The average molecular weight is 391 g/mol. The fraction of sp³-hybridized carbons (Fsp3) is 0.176. The van der Waals surface area contributed by atoms with E-state index < -0.39 is 0 Å². The van der Waals surface area contributed by atoms with Crippen LogP contribution in [0.1, 0.15) is 20.5 Å². The summed E-state index contributed by atoms with van der Waals surface area (Å²) in [5.74, 6) is 2.29. The number of aromatic nitrogens is 1. The summed E-state index contributed by atoms with van der Waals surface area (Å²) < 4.78 is 0.509. The normalized spacial score (nSPS) is 14.8. The third kappa shape index (κ3) is 3.54. The Labute approximate surface area is 156 Å². The minimum Gasteiger partial charge on any atom is -0.298 e. The van der Waals surface area contributed by atoms with Gasteiger partial charge in [0.25, 0.3) is 5.91 Å². The molecule has 0 radical (unpaired) electrons. The van der Waals surface area contributed by atoms with Crippen LogP contribution in [0.15, 0.2) is 47.2 Å². The minimum absolute atomic E-state index is 0.111. The van der Waals surface area contributed by atoms with Crippen LogP contribution in [0.2, 0.25) is 0 Å². The first-order chi connectivity index (χ1) is 11.8. The fourth-order valence-corrected chi connectivity index (χ4v) is 6.71. The molecule has 1 N–H and O–H groups in total. The molecule has 122 valence electrons. The van der Waals surface area contributed by atoms with Crippen molar-refractivity contribution in [2.24, 2.45) is 0 Å². The molecule has 1 fully saturated rings. The van der Waals surface area contributed by atoms with Crippen molar-refractivity contribution in [3.63, 3.8) is 0 Å². The number of thioether (sulfide) groups is 2. The molecular formula is C17H14N2OS4. The van der Waals surface area contributed by atoms with Crippen LogP contribution >= 0.6 is 46.2 Å². The summed E-state index contributed by atoms with van der Waals surface area (Å²) in [7, 11) is 0. The molecule has 0 spiro atoms. The van der Waals surface area contributed by atoms with E-state index in [1.54, 1.807) is 11.3 Å². The van der Waals surface area contributed by atoms with E-state index in [1.807, 2.05) is 58.5 Å². The second-order valence-corrected chi connectivity index (χ2v) is 9.70. The molecule has 0 saturated carbocycles. The maximum Gasteiger partial charge on any atom is 0.257 e. The molecule has 3 aromatic rings. The predicted octanol–water partition coefficient (Wildman–Crippen LogP) is 5.60. The van der Waals surface area contributed by atoms with Crippen LogP contribution in [0.4, 0.5) is 5.13 Å². The lowest BCUT2D eigenvalue weighted by Crippen LogP contribution is -2.11. The van der Waals surface area contributed by atoms with Gasteiger partial charge in [0.2, 0.25) is 0 Å². The molecular weight excluding hydrogens is 376 g/mol. The quantitative estimate of drug-likeness (QED) is 0.629. The van der Waals surface area contributed by atoms with E-state index >= 15 is 0 Å².